The van der Waals surface area contributed by atoms with Crippen LogP contribution in [-0.4, -0.2) is 48.7 Å². The van der Waals surface area contributed by atoms with Crippen LogP contribution in [0.2, 0.25) is 0 Å². The smallest absolute Gasteiger partial charge is 0.229 e. The lowest BCUT2D eigenvalue weighted by molar-refractivity contribution is 0.0983. The molecule has 0 spiro atoms. The van der Waals surface area contributed by atoms with Gasteiger partial charge in [-0.15, -0.1) is 0 Å². The highest BCUT2D eigenvalue weighted by Gasteiger charge is 2.49. The summed E-state index contributed by atoms with van der Waals surface area (Å²) in [5, 5.41) is 3.29. The highest BCUT2D eigenvalue weighted by Crippen LogP contribution is 2.40. The SMILES string of the molecule is O=[C]C1=C2C=CC([C]=O)(C1)N1CCNCC21. The number of carbonyl (C=O) groups excluding carboxylic acids is 2. The minimum atomic E-state index is -0.721. The first-order chi connectivity index (χ1) is 7.80. The normalized spacial score (nSPS) is 37.4. The number of fused-ring (bicyclic) bond motifs is 1. The Balaban J connectivity index is 2.12. The fraction of sp³-hybridized carbons (Fsp3) is 0.500. The summed E-state index contributed by atoms with van der Waals surface area (Å²) in [6.07, 6.45) is 8.29. The fourth-order valence-electron chi connectivity index (χ4n) is 2.95. The molecule has 3 aliphatic heterocycles. The molecule has 0 aromatic carbocycles. The molecule has 2 atom stereocenters. The first-order valence-electron chi connectivity index (χ1n) is 5.48. The first kappa shape index (κ1) is 9.93. The largest absolute Gasteiger partial charge is 0.314 e. The molecule has 82 valence electrons. The van der Waals surface area contributed by atoms with Crippen LogP contribution in [0.25, 0.3) is 0 Å². The van der Waals surface area contributed by atoms with Crippen LogP contribution in [0.4, 0.5) is 0 Å². The fourth-order valence-corrected chi connectivity index (χ4v) is 2.95. The maximum atomic E-state index is 11.3. The Labute approximate surface area is 94.0 Å². The highest BCUT2D eigenvalue weighted by molar-refractivity contribution is 5.84. The predicted molar refractivity (Wildman–Crippen MR) is 58.3 cm³/mol. The van der Waals surface area contributed by atoms with Gasteiger partial charge in [0.1, 0.15) is 5.54 Å². The van der Waals surface area contributed by atoms with E-state index in [4.69, 9.17) is 0 Å². The Kier molecular flexibility index (Phi) is 2.09. The minimum Gasteiger partial charge on any atom is -0.314 e. The average Bonchev–Trinajstić information content (AvgIpc) is 2.39. The van der Waals surface area contributed by atoms with Crippen molar-refractivity contribution >= 4 is 12.6 Å². The van der Waals surface area contributed by atoms with Gasteiger partial charge in [0.15, 0.2) is 0 Å². The van der Waals surface area contributed by atoms with Crippen LogP contribution >= 0.6 is 0 Å². The van der Waals surface area contributed by atoms with Gasteiger partial charge in [0.2, 0.25) is 12.6 Å². The van der Waals surface area contributed by atoms with Gasteiger partial charge in [0.05, 0.1) is 0 Å². The van der Waals surface area contributed by atoms with Gasteiger partial charge in [-0.3, -0.25) is 14.5 Å². The first-order valence-corrected chi connectivity index (χ1v) is 5.48. The third kappa shape index (κ3) is 1.11. The van der Waals surface area contributed by atoms with E-state index in [2.05, 4.69) is 16.5 Å². The molecule has 0 saturated carbocycles. The van der Waals surface area contributed by atoms with E-state index in [0.717, 1.165) is 25.2 Å². The molecule has 16 heavy (non-hydrogen) atoms. The number of hydrogen-bond acceptors (Lipinski definition) is 4. The third-order valence-electron chi connectivity index (χ3n) is 3.75. The van der Waals surface area contributed by atoms with Crippen LogP contribution in [0.15, 0.2) is 23.3 Å². The molecule has 4 aliphatic rings. The molecule has 3 heterocycles. The van der Waals surface area contributed by atoms with Crippen molar-refractivity contribution < 1.29 is 9.59 Å². The summed E-state index contributed by atoms with van der Waals surface area (Å²) < 4.78 is 0. The quantitative estimate of drug-likeness (QED) is 0.675. The van der Waals surface area contributed by atoms with Crippen molar-refractivity contribution in [3.63, 3.8) is 0 Å². The van der Waals surface area contributed by atoms with Gasteiger partial charge >= 0.3 is 0 Å². The topological polar surface area (TPSA) is 49.4 Å². The van der Waals surface area contributed by atoms with Crippen molar-refractivity contribution in [3.8, 4) is 0 Å². The second-order valence-corrected chi connectivity index (χ2v) is 4.49. The number of rotatable bonds is 2. The lowest BCUT2D eigenvalue weighted by Gasteiger charge is -2.52. The highest BCUT2D eigenvalue weighted by atomic mass is 16.1. The van der Waals surface area contributed by atoms with Gasteiger partial charge in [-0.05, 0) is 5.57 Å². The second-order valence-electron chi connectivity index (χ2n) is 4.49. The lowest BCUT2D eigenvalue weighted by atomic mass is 9.74. The van der Waals surface area contributed by atoms with Gasteiger partial charge in [-0.1, -0.05) is 12.2 Å². The summed E-state index contributed by atoms with van der Waals surface area (Å²) >= 11 is 0. The van der Waals surface area contributed by atoms with Crippen molar-refractivity contribution in [3.05, 3.63) is 23.3 Å². The standard InChI is InChI=1S/C12H12N2O2/c15-7-9-5-12(8-16)2-1-10(9)11-6-13-3-4-14(11)12/h1-2,11,13H,3-6H2. The number of nitrogens with one attached hydrogen (secondary N) is 1. The van der Waals surface area contributed by atoms with Crippen molar-refractivity contribution in [2.45, 2.75) is 18.0 Å². The summed E-state index contributed by atoms with van der Waals surface area (Å²) in [5.41, 5.74) is 0.927. The summed E-state index contributed by atoms with van der Waals surface area (Å²) in [6, 6.07) is 0.130. The minimum absolute atomic E-state index is 0.130. The van der Waals surface area contributed by atoms with Crippen LogP contribution in [0, 0.1) is 0 Å². The monoisotopic (exact) mass is 216 g/mol. The molecule has 0 aromatic rings. The van der Waals surface area contributed by atoms with Crippen LogP contribution in [0.5, 0.6) is 0 Å². The predicted octanol–water partition coefficient (Wildman–Crippen LogP) is -0.512. The van der Waals surface area contributed by atoms with E-state index in [0.29, 0.717) is 12.0 Å². The number of nitrogens with zero attached hydrogens (tertiary/aromatic N) is 1. The molecular formula is C12H12N2O2. The molecule has 2 bridgehead atoms. The Hall–Kier alpha value is -1.26. The molecule has 1 N–H and O–H groups in total. The van der Waals surface area contributed by atoms with Crippen LogP contribution in [0.3, 0.4) is 0 Å². The lowest BCUT2D eigenvalue weighted by Crippen LogP contribution is -2.65. The van der Waals surface area contributed by atoms with Crippen molar-refractivity contribution in [2.24, 2.45) is 0 Å². The van der Waals surface area contributed by atoms with Gasteiger partial charge in [0, 0.05) is 37.7 Å². The van der Waals surface area contributed by atoms with E-state index in [1.807, 2.05) is 18.4 Å². The number of hydrogen-bond donors (Lipinski definition) is 1. The third-order valence-corrected chi connectivity index (χ3v) is 3.75. The summed E-state index contributed by atoms with van der Waals surface area (Å²) in [6.45, 7) is 2.48. The van der Waals surface area contributed by atoms with Gasteiger partial charge in [-0.25, -0.2) is 0 Å². The maximum Gasteiger partial charge on any atom is 0.229 e. The van der Waals surface area contributed by atoms with Crippen molar-refractivity contribution in [1.82, 2.24) is 10.2 Å². The molecule has 2 radical (unpaired) electrons. The zero-order chi connectivity index (χ0) is 11.2. The molecule has 4 heteroatoms. The van der Waals surface area contributed by atoms with Crippen LogP contribution < -0.4 is 5.32 Å². The number of piperazine rings is 1. The molecule has 0 aromatic heterocycles. The molecule has 1 aliphatic carbocycles. The molecule has 2 unspecified atom stereocenters. The summed E-state index contributed by atoms with van der Waals surface area (Å²) in [5.74, 6) is 0. The van der Waals surface area contributed by atoms with E-state index in [1.54, 1.807) is 0 Å². The average molecular weight is 216 g/mol. The van der Waals surface area contributed by atoms with Gasteiger partial charge in [-0.2, -0.15) is 0 Å². The zero-order valence-electron chi connectivity index (χ0n) is 8.82. The van der Waals surface area contributed by atoms with Crippen molar-refractivity contribution in [2.75, 3.05) is 19.6 Å². The Morgan fingerprint density at radius 2 is 2.38 bits per heavy atom. The molecule has 1 saturated heterocycles. The molecule has 4 rings (SSSR count). The summed E-state index contributed by atoms with van der Waals surface area (Å²) in [4.78, 5) is 24.3. The molecule has 1 fully saturated rings. The molecule has 4 nitrogen and oxygen atoms in total. The van der Waals surface area contributed by atoms with Crippen LogP contribution in [-0.2, 0) is 9.59 Å². The van der Waals surface area contributed by atoms with E-state index in [1.165, 1.54) is 0 Å². The molecular weight excluding hydrogens is 204 g/mol. The maximum absolute atomic E-state index is 11.3. The van der Waals surface area contributed by atoms with Crippen molar-refractivity contribution in [1.29, 1.82) is 0 Å². The van der Waals surface area contributed by atoms with E-state index >= 15 is 0 Å². The Morgan fingerprint density at radius 3 is 3.12 bits per heavy atom. The van der Waals surface area contributed by atoms with E-state index < -0.39 is 5.54 Å². The second kappa shape index (κ2) is 3.37. The summed E-state index contributed by atoms with van der Waals surface area (Å²) in [7, 11) is 0. The zero-order valence-corrected chi connectivity index (χ0v) is 8.82. The van der Waals surface area contributed by atoms with E-state index in [-0.39, 0.29) is 6.04 Å². The van der Waals surface area contributed by atoms with Crippen LogP contribution in [0.1, 0.15) is 6.42 Å². The van der Waals surface area contributed by atoms with Gasteiger partial charge < -0.3 is 5.32 Å². The Bertz CT molecular complexity index is 413. The molecule has 0 amide bonds. The van der Waals surface area contributed by atoms with Gasteiger partial charge in [0.25, 0.3) is 0 Å². The van der Waals surface area contributed by atoms with E-state index in [9.17, 15) is 9.59 Å². The Morgan fingerprint density at radius 1 is 1.50 bits per heavy atom.